The van der Waals surface area contributed by atoms with Gasteiger partial charge in [-0.2, -0.15) is 5.10 Å². The van der Waals surface area contributed by atoms with Crippen LogP contribution in [-0.4, -0.2) is 19.7 Å². The number of hydrogen-bond acceptors (Lipinski definition) is 3. The molecule has 0 fully saturated rings. The summed E-state index contributed by atoms with van der Waals surface area (Å²) in [6, 6.07) is 8.03. The molecule has 3 aromatic rings. The van der Waals surface area contributed by atoms with Gasteiger partial charge in [-0.15, -0.1) is 0 Å². The largest absolute Gasteiger partial charge is 0.260 e. The van der Waals surface area contributed by atoms with Crippen molar-refractivity contribution >= 4 is 0 Å². The van der Waals surface area contributed by atoms with Crippen LogP contribution < -0.4 is 0 Å². The Hall–Kier alpha value is -3.00. The van der Waals surface area contributed by atoms with E-state index in [0.29, 0.717) is 11.4 Å². The summed E-state index contributed by atoms with van der Waals surface area (Å²) in [6.45, 7) is 1.92. The zero-order valence-electron chi connectivity index (χ0n) is 11.3. The molecule has 0 bridgehead atoms. The van der Waals surface area contributed by atoms with Crippen LogP contribution >= 0.6 is 0 Å². The van der Waals surface area contributed by atoms with Gasteiger partial charge in [0.15, 0.2) is 0 Å². The van der Waals surface area contributed by atoms with Gasteiger partial charge in [-0.05, 0) is 49.1 Å². The first-order valence-electron chi connectivity index (χ1n) is 6.33. The van der Waals surface area contributed by atoms with Gasteiger partial charge < -0.3 is 0 Å². The maximum Gasteiger partial charge on any atom is 0.136 e. The number of halogens is 1. The van der Waals surface area contributed by atoms with Gasteiger partial charge in [0.2, 0.25) is 0 Å². The smallest absolute Gasteiger partial charge is 0.136 e. The van der Waals surface area contributed by atoms with Gasteiger partial charge in [-0.1, -0.05) is 0 Å². The van der Waals surface area contributed by atoms with Crippen molar-refractivity contribution in [3.63, 3.8) is 0 Å². The van der Waals surface area contributed by atoms with E-state index in [1.807, 2.05) is 13.0 Å². The minimum absolute atomic E-state index is 0.272. The fraction of sp³-hybridized carbons (Fsp3) is 0.0625. The van der Waals surface area contributed by atoms with Crippen LogP contribution in [0, 0.1) is 24.6 Å². The standard InChI is InChI=1S/C16H11FN4/c1-12-10-14(4-5-15-11-18-8-9-19-15)20-21(12)16-6-2-13(17)3-7-16/h2-3,6-11H,1H3. The van der Waals surface area contributed by atoms with E-state index in [9.17, 15) is 4.39 Å². The molecule has 2 aromatic heterocycles. The summed E-state index contributed by atoms with van der Waals surface area (Å²) in [6.07, 6.45) is 4.78. The quantitative estimate of drug-likeness (QED) is 0.642. The molecule has 0 aliphatic rings. The first kappa shape index (κ1) is 13.0. The molecule has 3 rings (SSSR count). The Morgan fingerprint density at radius 2 is 1.81 bits per heavy atom. The van der Waals surface area contributed by atoms with Gasteiger partial charge in [0.05, 0.1) is 11.9 Å². The average Bonchev–Trinajstić information content (AvgIpc) is 2.88. The predicted octanol–water partition coefficient (Wildman–Crippen LogP) is 2.51. The summed E-state index contributed by atoms with van der Waals surface area (Å²) in [4.78, 5) is 8.03. The molecule has 102 valence electrons. The van der Waals surface area contributed by atoms with E-state index in [0.717, 1.165) is 11.4 Å². The molecule has 1 aromatic carbocycles. The number of aryl methyl sites for hydroxylation is 1. The van der Waals surface area contributed by atoms with Crippen molar-refractivity contribution in [3.8, 4) is 17.5 Å². The number of hydrogen-bond donors (Lipinski definition) is 0. The van der Waals surface area contributed by atoms with E-state index in [2.05, 4.69) is 26.9 Å². The lowest BCUT2D eigenvalue weighted by Crippen LogP contribution is -1.98. The summed E-state index contributed by atoms with van der Waals surface area (Å²) in [5.74, 6) is 5.58. The van der Waals surface area contributed by atoms with Gasteiger partial charge >= 0.3 is 0 Å². The topological polar surface area (TPSA) is 43.6 Å². The molecule has 21 heavy (non-hydrogen) atoms. The highest BCUT2D eigenvalue weighted by Crippen LogP contribution is 2.12. The summed E-state index contributed by atoms with van der Waals surface area (Å²) in [5.41, 5.74) is 2.93. The fourth-order valence-corrected chi connectivity index (χ4v) is 1.87. The van der Waals surface area contributed by atoms with Crippen LogP contribution in [0.5, 0.6) is 0 Å². The van der Waals surface area contributed by atoms with E-state index in [1.165, 1.54) is 12.1 Å². The summed E-state index contributed by atoms with van der Waals surface area (Å²) in [7, 11) is 0. The molecule has 4 nitrogen and oxygen atoms in total. The monoisotopic (exact) mass is 278 g/mol. The van der Waals surface area contributed by atoms with Crippen LogP contribution in [0.25, 0.3) is 5.69 Å². The maximum absolute atomic E-state index is 13.0. The molecule has 0 saturated carbocycles. The lowest BCUT2D eigenvalue weighted by atomic mass is 10.3. The van der Waals surface area contributed by atoms with Crippen LogP contribution in [0.2, 0.25) is 0 Å². The average molecular weight is 278 g/mol. The van der Waals surface area contributed by atoms with Gasteiger partial charge in [0, 0.05) is 18.1 Å². The van der Waals surface area contributed by atoms with Crippen molar-refractivity contribution in [2.45, 2.75) is 6.92 Å². The van der Waals surface area contributed by atoms with Gasteiger partial charge in [-0.3, -0.25) is 4.98 Å². The highest BCUT2D eigenvalue weighted by Gasteiger charge is 2.04. The second-order valence-corrected chi connectivity index (χ2v) is 4.40. The van der Waals surface area contributed by atoms with Crippen molar-refractivity contribution in [1.29, 1.82) is 0 Å². The van der Waals surface area contributed by atoms with Gasteiger partial charge in [0.1, 0.15) is 17.2 Å². The Labute approximate surface area is 121 Å². The predicted molar refractivity (Wildman–Crippen MR) is 76.3 cm³/mol. The van der Waals surface area contributed by atoms with E-state index in [1.54, 1.807) is 35.4 Å². The fourth-order valence-electron chi connectivity index (χ4n) is 1.87. The Balaban J connectivity index is 1.92. The van der Waals surface area contributed by atoms with Crippen LogP contribution in [0.3, 0.4) is 0 Å². The Bertz CT molecular complexity index is 811. The van der Waals surface area contributed by atoms with Crippen LogP contribution in [-0.2, 0) is 0 Å². The maximum atomic E-state index is 13.0. The van der Waals surface area contributed by atoms with E-state index in [-0.39, 0.29) is 5.82 Å². The first-order valence-corrected chi connectivity index (χ1v) is 6.33. The second kappa shape index (κ2) is 5.55. The molecule has 0 aliphatic carbocycles. The van der Waals surface area contributed by atoms with Crippen molar-refractivity contribution < 1.29 is 4.39 Å². The Morgan fingerprint density at radius 1 is 1.05 bits per heavy atom. The van der Waals surface area contributed by atoms with Crippen LogP contribution in [0.4, 0.5) is 4.39 Å². The molecule has 2 heterocycles. The second-order valence-electron chi connectivity index (χ2n) is 4.40. The SMILES string of the molecule is Cc1cc(C#Cc2cnccn2)nn1-c1ccc(F)cc1. The van der Waals surface area contributed by atoms with E-state index < -0.39 is 0 Å². The third-order valence-electron chi connectivity index (χ3n) is 2.84. The lowest BCUT2D eigenvalue weighted by Gasteiger charge is -2.02. The normalized spacial score (nSPS) is 10.0. The minimum Gasteiger partial charge on any atom is -0.260 e. The van der Waals surface area contributed by atoms with Gasteiger partial charge in [-0.25, -0.2) is 14.1 Å². The van der Waals surface area contributed by atoms with Gasteiger partial charge in [0.25, 0.3) is 0 Å². The van der Waals surface area contributed by atoms with Crippen molar-refractivity contribution in [2.24, 2.45) is 0 Å². The van der Waals surface area contributed by atoms with Crippen molar-refractivity contribution in [1.82, 2.24) is 19.7 Å². The molecule has 0 spiro atoms. The Morgan fingerprint density at radius 3 is 2.52 bits per heavy atom. The summed E-state index contributed by atoms with van der Waals surface area (Å²) >= 11 is 0. The molecule has 0 amide bonds. The number of nitrogens with zero attached hydrogens (tertiary/aromatic N) is 4. The van der Waals surface area contributed by atoms with Crippen molar-refractivity contribution in [3.05, 3.63) is 71.8 Å². The molecular weight excluding hydrogens is 267 g/mol. The molecule has 0 unspecified atom stereocenters. The van der Waals surface area contributed by atoms with E-state index >= 15 is 0 Å². The third kappa shape index (κ3) is 2.95. The number of benzene rings is 1. The van der Waals surface area contributed by atoms with Crippen LogP contribution in [0.15, 0.2) is 48.9 Å². The molecule has 0 saturated heterocycles. The zero-order valence-corrected chi connectivity index (χ0v) is 11.3. The highest BCUT2D eigenvalue weighted by molar-refractivity contribution is 5.39. The number of aromatic nitrogens is 4. The van der Waals surface area contributed by atoms with E-state index in [4.69, 9.17) is 0 Å². The lowest BCUT2D eigenvalue weighted by molar-refractivity contribution is 0.627. The highest BCUT2D eigenvalue weighted by atomic mass is 19.1. The molecule has 0 atom stereocenters. The molecule has 0 N–H and O–H groups in total. The third-order valence-corrected chi connectivity index (χ3v) is 2.84. The molecule has 0 radical (unpaired) electrons. The minimum atomic E-state index is -0.272. The summed E-state index contributed by atoms with van der Waals surface area (Å²) < 4.78 is 14.7. The number of rotatable bonds is 1. The first-order chi connectivity index (χ1) is 10.2. The van der Waals surface area contributed by atoms with Crippen LogP contribution in [0.1, 0.15) is 17.1 Å². The molecule has 5 heteroatoms. The molecule has 0 aliphatic heterocycles. The molecular formula is C16H11FN4. The zero-order chi connectivity index (χ0) is 14.7. The Kier molecular flexibility index (Phi) is 3.44. The summed E-state index contributed by atoms with van der Waals surface area (Å²) in [5, 5.41) is 4.40. The van der Waals surface area contributed by atoms with Crippen molar-refractivity contribution in [2.75, 3.05) is 0 Å².